The molecule has 0 aliphatic heterocycles. The highest BCUT2D eigenvalue weighted by Crippen LogP contribution is 2.09. The van der Waals surface area contributed by atoms with E-state index >= 15 is 0 Å². The Labute approximate surface area is 92.2 Å². The molecule has 1 heterocycles. The quantitative estimate of drug-likeness (QED) is 0.725. The van der Waals surface area contributed by atoms with E-state index in [0.717, 1.165) is 31.9 Å². The third kappa shape index (κ3) is 3.20. The number of aromatic nitrogens is 2. The number of hydrogen-bond acceptors (Lipinski definition) is 2. The maximum atomic E-state index is 4.34. The zero-order valence-electron chi connectivity index (χ0n) is 10.0. The number of nitrogens with zero attached hydrogens (tertiary/aromatic N) is 2. The molecule has 15 heavy (non-hydrogen) atoms. The molecule has 0 aliphatic carbocycles. The second-order valence-corrected chi connectivity index (χ2v) is 3.77. The van der Waals surface area contributed by atoms with Gasteiger partial charge in [0.25, 0.3) is 0 Å². The Morgan fingerprint density at radius 1 is 1.53 bits per heavy atom. The van der Waals surface area contributed by atoms with Crippen molar-refractivity contribution in [3.05, 3.63) is 29.9 Å². The van der Waals surface area contributed by atoms with E-state index in [1.807, 2.05) is 13.1 Å². The van der Waals surface area contributed by atoms with Gasteiger partial charge in [-0.1, -0.05) is 26.0 Å². The molecule has 0 aromatic carbocycles. The van der Waals surface area contributed by atoms with Crippen LogP contribution in [0.3, 0.4) is 0 Å². The summed E-state index contributed by atoms with van der Waals surface area (Å²) < 4.78 is 2.23. The predicted octanol–water partition coefficient (Wildman–Crippen LogP) is 2.27. The standard InChI is InChI=1S/C12H21N3/c1-5-10(3)9-15-11(4)14-8-12(15)7-13-6-2/h8,13H,3,5-7,9H2,1-2,4H3. The molecule has 84 valence electrons. The van der Waals surface area contributed by atoms with E-state index in [4.69, 9.17) is 0 Å². The number of nitrogens with one attached hydrogen (secondary N) is 1. The molecule has 0 bridgehead atoms. The molecule has 0 aliphatic rings. The van der Waals surface area contributed by atoms with Gasteiger partial charge in [-0.3, -0.25) is 0 Å². The molecule has 0 spiro atoms. The van der Waals surface area contributed by atoms with Gasteiger partial charge >= 0.3 is 0 Å². The first-order valence-corrected chi connectivity index (χ1v) is 5.57. The lowest BCUT2D eigenvalue weighted by molar-refractivity contribution is 0.637. The van der Waals surface area contributed by atoms with Crippen molar-refractivity contribution in [2.45, 2.75) is 40.3 Å². The molecule has 0 saturated carbocycles. The average Bonchev–Trinajstić information content (AvgIpc) is 2.57. The molecule has 0 saturated heterocycles. The molecular weight excluding hydrogens is 186 g/mol. The van der Waals surface area contributed by atoms with Crippen LogP contribution in [-0.4, -0.2) is 16.1 Å². The lowest BCUT2D eigenvalue weighted by atomic mass is 10.2. The minimum absolute atomic E-state index is 0.883. The fourth-order valence-corrected chi connectivity index (χ4v) is 1.46. The third-order valence-corrected chi connectivity index (χ3v) is 2.58. The Bertz CT molecular complexity index is 326. The van der Waals surface area contributed by atoms with Crippen LogP contribution in [-0.2, 0) is 13.1 Å². The zero-order valence-corrected chi connectivity index (χ0v) is 10.0. The maximum Gasteiger partial charge on any atom is 0.106 e. The van der Waals surface area contributed by atoms with Gasteiger partial charge in [-0.15, -0.1) is 0 Å². The van der Waals surface area contributed by atoms with Crippen LogP contribution in [0.25, 0.3) is 0 Å². The van der Waals surface area contributed by atoms with E-state index in [0.29, 0.717) is 0 Å². The van der Waals surface area contributed by atoms with Gasteiger partial charge in [-0.05, 0) is 19.9 Å². The first-order chi connectivity index (χ1) is 7.19. The van der Waals surface area contributed by atoms with Crippen molar-refractivity contribution in [1.29, 1.82) is 0 Å². The Balaban J connectivity index is 2.74. The molecule has 1 rings (SSSR count). The Morgan fingerprint density at radius 3 is 2.87 bits per heavy atom. The summed E-state index contributed by atoms with van der Waals surface area (Å²) in [5.41, 5.74) is 2.48. The number of imidazole rings is 1. The van der Waals surface area contributed by atoms with E-state index < -0.39 is 0 Å². The average molecular weight is 207 g/mol. The Morgan fingerprint density at radius 2 is 2.27 bits per heavy atom. The van der Waals surface area contributed by atoms with Crippen LogP contribution >= 0.6 is 0 Å². The second-order valence-electron chi connectivity index (χ2n) is 3.77. The second kappa shape index (κ2) is 5.71. The molecular formula is C12H21N3. The fraction of sp³-hybridized carbons (Fsp3) is 0.583. The van der Waals surface area contributed by atoms with Crippen molar-refractivity contribution in [2.24, 2.45) is 0 Å². The molecule has 1 N–H and O–H groups in total. The minimum atomic E-state index is 0.883. The molecule has 0 unspecified atom stereocenters. The lowest BCUT2D eigenvalue weighted by Gasteiger charge is -2.11. The van der Waals surface area contributed by atoms with E-state index in [2.05, 4.69) is 35.3 Å². The molecule has 0 atom stereocenters. The molecule has 3 heteroatoms. The van der Waals surface area contributed by atoms with Crippen LogP contribution in [0.5, 0.6) is 0 Å². The minimum Gasteiger partial charge on any atom is -0.327 e. The fourth-order valence-electron chi connectivity index (χ4n) is 1.46. The summed E-state index contributed by atoms with van der Waals surface area (Å²) in [7, 11) is 0. The first kappa shape index (κ1) is 12.0. The monoisotopic (exact) mass is 207 g/mol. The summed E-state index contributed by atoms with van der Waals surface area (Å²) >= 11 is 0. The summed E-state index contributed by atoms with van der Waals surface area (Å²) in [6.07, 6.45) is 2.97. The maximum absolute atomic E-state index is 4.34. The molecule has 0 radical (unpaired) electrons. The van der Waals surface area contributed by atoms with Gasteiger partial charge in [0.05, 0.1) is 5.69 Å². The zero-order chi connectivity index (χ0) is 11.3. The predicted molar refractivity (Wildman–Crippen MR) is 63.8 cm³/mol. The summed E-state index contributed by atoms with van der Waals surface area (Å²) in [5.74, 6) is 1.07. The number of hydrogen-bond donors (Lipinski definition) is 1. The van der Waals surface area contributed by atoms with Gasteiger partial charge in [0, 0.05) is 19.3 Å². The van der Waals surface area contributed by atoms with Gasteiger partial charge in [0.15, 0.2) is 0 Å². The van der Waals surface area contributed by atoms with Crippen LogP contribution < -0.4 is 5.32 Å². The summed E-state index contributed by atoms with van der Waals surface area (Å²) in [5, 5.41) is 3.32. The van der Waals surface area contributed by atoms with Gasteiger partial charge in [0.1, 0.15) is 5.82 Å². The van der Waals surface area contributed by atoms with Crippen LogP contribution in [0.15, 0.2) is 18.3 Å². The van der Waals surface area contributed by atoms with E-state index in [9.17, 15) is 0 Å². The van der Waals surface area contributed by atoms with Crippen molar-refractivity contribution in [1.82, 2.24) is 14.9 Å². The van der Waals surface area contributed by atoms with Crippen LogP contribution in [0.4, 0.5) is 0 Å². The number of allylic oxidation sites excluding steroid dienone is 1. The summed E-state index contributed by atoms with van der Waals surface area (Å²) in [6.45, 7) is 13.1. The summed E-state index contributed by atoms with van der Waals surface area (Å²) in [6, 6.07) is 0. The Kier molecular flexibility index (Phi) is 4.56. The van der Waals surface area contributed by atoms with E-state index in [1.165, 1.54) is 11.3 Å². The van der Waals surface area contributed by atoms with Crippen molar-refractivity contribution in [3.63, 3.8) is 0 Å². The highest BCUT2D eigenvalue weighted by molar-refractivity contribution is 5.08. The summed E-state index contributed by atoms with van der Waals surface area (Å²) in [4.78, 5) is 4.34. The SMILES string of the molecule is C=C(CC)Cn1c(CNCC)cnc1C. The van der Waals surface area contributed by atoms with Crippen LogP contribution in [0, 0.1) is 6.92 Å². The molecule has 0 fully saturated rings. The number of rotatable bonds is 6. The van der Waals surface area contributed by atoms with E-state index in [1.54, 1.807) is 0 Å². The molecule has 1 aromatic rings. The van der Waals surface area contributed by atoms with Crippen LogP contribution in [0.1, 0.15) is 31.8 Å². The third-order valence-electron chi connectivity index (χ3n) is 2.58. The first-order valence-electron chi connectivity index (χ1n) is 5.57. The molecule has 1 aromatic heterocycles. The van der Waals surface area contributed by atoms with Crippen molar-refractivity contribution < 1.29 is 0 Å². The van der Waals surface area contributed by atoms with E-state index in [-0.39, 0.29) is 0 Å². The largest absolute Gasteiger partial charge is 0.327 e. The van der Waals surface area contributed by atoms with Crippen molar-refractivity contribution in [2.75, 3.05) is 6.54 Å². The van der Waals surface area contributed by atoms with Crippen LogP contribution in [0.2, 0.25) is 0 Å². The highest BCUT2D eigenvalue weighted by Gasteiger charge is 2.06. The normalized spacial score (nSPS) is 10.6. The van der Waals surface area contributed by atoms with Crippen molar-refractivity contribution >= 4 is 0 Å². The van der Waals surface area contributed by atoms with Crippen molar-refractivity contribution in [3.8, 4) is 0 Å². The Hall–Kier alpha value is -1.09. The smallest absolute Gasteiger partial charge is 0.106 e. The molecule has 0 amide bonds. The van der Waals surface area contributed by atoms with Gasteiger partial charge in [0.2, 0.25) is 0 Å². The number of aryl methyl sites for hydroxylation is 1. The lowest BCUT2D eigenvalue weighted by Crippen LogP contribution is -2.16. The van der Waals surface area contributed by atoms with Gasteiger partial charge < -0.3 is 9.88 Å². The molecule has 3 nitrogen and oxygen atoms in total. The van der Waals surface area contributed by atoms with Gasteiger partial charge in [-0.2, -0.15) is 0 Å². The van der Waals surface area contributed by atoms with Gasteiger partial charge in [-0.25, -0.2) is 4.98 Å². The highest BCUT2D eigenvalue weighted by atomic mass is 15.1. The topological polar surface area (TPSA) is 29.9 Å².